The molecule has 1 aromatic carbocycles. The molecule has 0 atom stereocenters. The van der Waals surface area contributed by atoms with Gasteiger partial charge in [0.05, 0.1) is 16.6 Å². The number of hydrogen-bond donors (Lipinski definition) is 0. The second-order valence-corrected chi connectivity index (χ2v) is 4.59. The van der Waals surface area contributed by atoms with Gasteiger partial charge in [0.25, 0.3) is 5.69 Å². The van der Waals surface area contributed by atoms with Gasteiger partial charge in [0.2, 0.25) is 0 Å². The third kappa shape index (κ3) is 2.19. The van der Waals surface area contributed by atoms with E-state index in [9.17, 15) is 10.1 Å². The lowest BCUT2D eigenvalue weighted by Gasteiger charge is -2.02. The predicted octanol–water partition coefficient (Wildman–Crippen LogP) is 2.48. The molecule has 0 N–H and O–H groups in total. The summed E-state index contributed by atoms with van der Waals surface area (Å²) < 4.78 is 1.69. The minimum Gasteiger partial charge on any atom is -0.282 e. The molecule has 21 heavy (non-hydrogen) atoms. The van der Waals surface area contributed by atoms with Gasteiger partial charge in [0, 0.05) is 30.0 Å². The highest BCUT2D eigenvalue weighted by molar-refractivity contribution is 5.64. The van der Waals surface area contributed by atoms with E-state index in [1.165, 1.54) is 12.1 Å². The summed E-state index contributed by atoms with van der Waals surface area (Å²) >= 11 is 0. The molecule has 0 amide bonds. The molecule has 0 saturated heterocycles. The Bertz CT molecular complexity index is 907. The largest absolute Gasteiger partial charge is 0.282 e. The van der Waals surface area contributed by atoms with Crippen LogP contribution in [0.25, 0.3) is 17.0 Å². The Hall–Kier alpha value is -3.27. The third-order valence-electron chi connectivity index (χ3n) is 3.07. The maximum atomic E-state index is 10.9. The number of nitriles is 1. The lowest BCUT2D eigenvalue weighted by Crippen LogP contribution is -1.93. The van der Waals surface area contributed by atoms with Crippen molar-refractivity contribution in [3.8, 4) is 17.5 Å². The summed E-state index contributed by atoms with van der Waals surface area (Å²) in [6, 6.07) is 10.1. The summed E-state index contributed by atoms with van der Waals surface area (Å²) in [7, 11) is 0. The smallest absolute Gasteiger partial charge is 0.270 e. The van der Waals surface area contributed by atoms with Gasteiger partial charge in [0.15, 0.2) is 11.5 Å². The van der Waals surface area contributed by atoms with Gasteiger partial charge in [-0.2, -0.15) is 5.26 Å². The van der Waals surface area contributed by atoms with E-state index in [4.69, 9.17) is 5.26 Å². The second-order valence-electron chi connectivity index (χ2n) is 4.59. The SMILES string of the molecule is Cc1cc(-c2nnc3cc(C#N)ccn23)cc([N+](=O)[O-])c1. The summed E-state index contributed by atoms with van der Waals surface area (Å²) in [4.78, 5) is 10.5. The molecule has 0 bridgehead atoms. The molecule has 7 nitrogen and oxygen atoms in total. The highest BCUT2D eigenvalue weighted by atomic mass is 16.6. The van der Waals surface area contributed by atoms with Gasteiger partial charge in [-0.3, -0.25) is 14.5 Å². The van der Waals surface area contributed by atoms with E-state index < -0.39 is 4.92 Å². The molecule has 0 radical (unpaired) electrons. The van der Waals surface area contributed by atoms with Crippen LogP contribution in [-0.2, 0) is 0 Å². The molecule has 2 aromatic heterocycles. The number of benzene rings is 1. The monoisotopic (exact) mass is 279 g/mol. The number of aromatic nitrogens is 3. The first-order chi connectivity index (χ1) is 10.1. The summed E-state index contributed by atoms with van der Waals surface area (Å²) in [5.74, 6) is 0.501. The highest BCUT2D eigenvalue weighted by Gasteiger charge is 2.14. The Balaban J connectivity index is 2.21. The van der Waals surface area contributed by atoms with Gasteiger partial charge in [-0.25, -0.2) is 0 Å². The number of pyridine rings is 1. The van der Waals surface area contributed by atoms with Crippen LogP contribution in [0, 0.1) is 28.4 Å². The molecule has 0 aliphatic carbocycles. The summed E-state index contributed by atoms with van der Waals surface area (Å²) in [5.41, 5.74) is 2.39. The molecule has 0 aliphatic heterocycles. The number of non-ortho nitro benzene ring substituents is 1. The minimum absolute atomic E-state index is 0.00963. The highest BCUT2D eigenvalue weighted by Crippen LogP contribution is 2.25. The molecule has 0 unspecified atom stereocenters. The Morgan fingerprint density at radius 1 is 1.29 bits per heavy atom. The molecule has 2 heterocycles. The zero-order valence-electron chi connectivity index (χ0n) is 11.0. The Morgan fingerprint density at radius 2 is 2.10 bits per heavy atom. The molecule has 7 heteroatoms. The van der Waals surface area contributed by atoms with Crippen molar-refractivity contribution in [1.82, 2.24) is 14.6 Å². The van der Waals surface area contributed by atoms with Crippen LogP contribution in [0.4, 0.5) is 5.69 Å². The second kappa shape index (κ2) is 4.68. The average Bonchev–Trinajstić information content (AvgIpc) is 2.89. The maximum Gasteiger partial charge on any atom is 0.270 e. The molecule has 3 aromatic rings. The number of nitro groups is 1. The van der Waals surface area contributed by atoms with Gasteiger partial charge >= 0.3 is 0 Å². The van der Waals surface area contributed by atoms with Gasteiger partial charge in [-0.1, -0.05) is 0 Å². The minimum atomic E-state index is -0.437. The van der Waals surface area contributed by atoms with E-state index >= 15 is 0 Å². The van der Waals surface area contributed by atoms with Gasteiger partial charge in [-0.05, 0) is 24.6 Å². The van der Waals surface area contributed by atoms with Crippen LogP contribution < -0.4 is 0 Å². The fourth-order valence-electron chi connectivity index (χ4n) is 2.15. The number of fused-ring (bicyclic) bond motifs is 1. The summed E-state index contributed by atoms with van der Waals surface area (Å²) in [5, 5.41) is 27.9. The van der Waals surface area contributed by atoms with Gasteiger partial charge in [0.1, 0.15) is 0 Å². The van der Waals surface area contributed by atoms with Crippen molar-refractivity contribution in [2.45, 2.75) is 6.92 Å². The van der Waals surface area contributed by atoms with Gasteiger partial charge in [-0.15, -0.1) is 10.2 Å². The maximum absolute atomic E-state index is 10.9. The standard InChI is InChI=1S/C14H9N5O2/c1-9-4-11(7-12(5-9)19(20)21)14-17-16-13-6-10(8-15)2-3-18(13)14/h2-7H,1H3. The molecular formula is C14H9N5O2. The third-order valence-corrected chi connectivity index (χ3v) is 3.07. The zero-order valence-corrected chi connectivity index (χ0v) is 11.0. The van der Waals surface area contributed by atoms with E-state index in [0.717, 1.165) is 5.56 Å². The zero-order chi connectivity index (χ0) is 15.0. The molecular weight excluding hydrogens is 270 g/mol. The van der Waals surface area contributed by atoms with Crippen LogP contribution in [0.15, 0.2) is 36.5 Å². The Kier molecular flexibility index (Phi) is 2.84. The number of nitro benzene ring substituents is 1. The Morgan fingerprint density at radius 3 is 2.81 bits per heavy atom. The summed E-state index contributed by atoms with van der Waals surface area (Å²) in [6.45, 7) is 1.79. The normalized spacial score (nSPS) is 10.5. The van der Waals surface area contributed by atoms with Crippen LogP contribution in [0.3, 0.4) is 0 Å². The fourth-order valence-corrected chi connectivity index (χ4v) is 2.15. The number of aryl methyl sites for hydroxylation is 1. The topological polar surface area (TPSA) is 97.1 Å². The van der Waals surface area contributed by atoms with Crippen molar-refractivity contribution < 1.29 is 4.92 Å². The van der Waals surface area contributed by atoms with Crippen molar-refractivity contribution in [1.29, 1.82) is 5.26 Å². The lowest BCUT2D eigenvalue weighted by atomic mass is 10.1. The van der Waals surface area contributed by atoms with Crippen molar-refractivity contribution in [2.75, 3.05) is 0 Å². The first-order valence-corrected chi connectivity index (χ1v) is 6.10. The lowest BCUT2D eigenvalue weighted by molar-refractivity contribution is -0.384. The molecule has 0 aliphatic rings. The number of hydrogen-bond acceptors (Lipinski definition) is 5. The molecule has 3 rings (SSSR count). The molecule has 0 fully saturated rings. The van der Waals surface area contributed by atoms with Gasteiger partial charge < -0.3 is 0 Å². The fraction of sp³-hybridized carbons (Fsp3) is 0.0714. The van der Waals surface area contributed by atoms with Crippen LogP contribution in [0.2, 0.25) is 0 Å². The van der Waals surface area contributed by atoms with Crippen LogP contribution in [0.1, 0.15) is 11.1 Å². The van der Waals surface area contributed by atoms with E-state index in [0.29, 0.717) is 22.6 Å². The first kappa shape index (κ1) is 12.7. The number of nitrogens with zero attached hydrogens (tertiary/aromatic N) is 5. The average molecular weight is 279 g/mol. The van der Waals surface area contributed by atoms with Crippen LogP contribution in [0.5, 0.6) is 0 Å². The van der Waals surface area contributed by atoms with Crippen LogP contribution >= 0.6 is 0 Å². The predicted molar refractivity (Wildman–Crippen MR) is 74.5 cm³/mol. The quantitative estimate of drug-likeness (QED) is 0.530. The van der Waals surface area contributed by atoms with Crippen molar-refractivity contribution in [2.24, 2.45) is 0 Å². The first-order valence-electron chi connectivity index (χ1n) is 6.10. The molecule has 102 valence electrons. The summed E-state index contributed by atoms with van der Waals surface area (Å²) in [6.07, 6.45) is 1.68. The molecule has 0 saturated carbocycles. The van der Waals surface area contributed by atoms with E-state index in [2.05, 4.69) is 10.2 Å². The van der Waals surface area contributed by atoms with E-state index in [-0.39, 0.29) is 5.69 Å². The van der Waals surface area contributed by atoms with E-state index in [1.54, 1.807) is 29.7 Å². The Labute approximate surface area is 119 Å². The van der Waals surface area contributed by atoms with E-state index in [1.807, 2.05) is 12.1 Å². The van der Waals surface area contributed by atoms with Crippen molar-refractivity contribution in [3.05, 3.63) is 57.8 Å². The van der Waals surface area contributed by atoms with Crippen LogP contribution in [-0.4, -0.2) is 19.5 Å². The number of rotatable bonds is 2. The molecule has 0 spiro atoms. The van der Waals surface area contributed by atoms with Crippen molar-refractivity contribution in [3.63, 3.8) is 0 Å². The van der Waals surface area contributed by atoms with Crippen molar-refractivity contribution >= 4 is 11.3 Å².